The normalized spacial score (nSPS) is 20.1. The van der Waals surface area contributed by atoms with Gasteiger partial charge in [0.05, 0.1) is 12.5 Å². The van der Waals surface area contributed by atoms with Gasteiger partial charge in [0.1, 0.15) is 0 Å². The fraction of sp³-hybridized carbons (Fsp3) is 0.929. The summed E-state index contributed by atoms with van der Waals surface area (Å²) in [6.07, 6.45) is 4.17. The summed E-state index contributed by atoms with van der Waals surface area (Å²) in [4.78, 5) is 14.6. The number of hydrogen-bond donors (Lipinski definition) is 1. The van der Waals surface area contributed by atoms with Gasteiger partial charge in [-0.2, -0.15) is 0 Å². The van der Waals surface area contributed by atoms with Crippen molar-refractivity contribution in [3.05, 3.63) is 0 Å². The number of carbonyl (C=O) groups is 1. The van der Waals surface area contributed by atoms with Gasteiger partial charge in [0.2, 0.25) is 5.91 Å². The number of ether oxygens (including phenoxy) is 1. The first-order chi connectivity index (χ1) is 8.74. The Labute approximate surface area is 111 Å². The van der Waals surface area contributed by atoms with Crippen LogP contribution in [0.15, 0.2) is 0 Å². The molecule has 1 N–H and O–H groups in total. The van der Waals surface area contributed by atoms with Crippen molar-refractivity contribution in [2.75, 3.05) is 33.4 Å². The highest BCUT2D eigenvalue weighted by molar-refractivity contribution is 5.79. The lowest BCUT2D eigenvalue weighted by Gasteiger charge is -2.34. The first-order valence-electron chi connectivity index (χ1n) is 7.24. The van der Waals surface area contributed by atoms with Crippen LogP contribution in [0.5, 0.6) is 0 Å². The zero-order valence-corrected chi connectivity index (χ0v) is 12.1. The Balaban J connectivity index is 2.63. The molecule has 0 aromatic carbocycles. The summed E-state index contributed by atoms with van der Waals surface area (Å²) in [6, 6.07) is 0.356. The van der Waals surface area contributed by atoms with Gasteiger partial charge in [-0.25, -0.2) is 0 Å². The number of amides is 1. The van der Waals surface area contributed by atoms with Crippen LogP contribution in [0.2, 0.25) is 0 Å². The molecule has 1 fully saturated rings. The predicted molar refractivity (Wildman–Crippen MR) is 73.6 cm³/mol. The summed E-state index contributed by atoms with van der Waals surface area (Å²) in [6.45, 7) is 7.54. The number of methoxy groups -OCH3 is 1. The third-order valence-corrected chi connectivity index (χ3v) is 3.85. The maximum atomic E-state index is 12.6. The first-order valence-corrected chi connectivity index (χ1v) is 7.24. The molecule has 1 aliphatic heterocycles. The molecule has 4 nitrogen and oxygen atoms in total. The maximum Gasteiger partial charge on any atom is 0.227 e. The van der Waals surface area contributed by atoms with Crippen molar-refractivity contribution in [3.63, 3.8) is 0 Å². The molecular formula is C14H28N2O2. The second-order valence-corrected chi connectivity index (χ2v) is 5.04. The maximum absolute atomic E-state index is 12.6. The average molecular weight is 256 g/mol. The van der Waals surface area contributed by atoms with E-state index in [2.05, 4.69) is 19.2 Å². The van der Waals surface area contributed by atoms with E-state index in [1.165, 1.54) is 0 Å². The van der Waals surface area contributed by atoms with Crippen LogP contribution in [0.3, 0.4) is 0 Å². The minimum Gasteiger partial charge on any atom is -0.383 e. The van der Waals surface area contributed by atoms with Gasteiger partial charge >= 0.3 is 0 Å². The van der Waals surface area contributed by atoms with Crippen LogP contribution in [0.1, 0.15) is 39.5 Å². The number of rotatable bonds is 7. The van der Waals surface area contributed by atoms with Crippen molar-refractivity contribution in [2.24, 2.45) is 5.92 Å². The molecule has 1 saturated heterocycles. The molecule has 1 atom stereocenters. The fourth-order valence-electron chi connectivity index (χ4n) is 2.69. The van der Waals surface area contributed by atoms with E-state index >= 15 is 0 Å². The van der Waals surface area contributed by atoms with Crippen LogP contribution < -0.4 is 5.32 Å². The predicted octanol–water partition coefficient (Wildman–Crippen LogP) is 1.65. The lowest BCUT2D eigenvalue weighted by molar-refractivity contribution is -0.139. The summed E-state index contributed by atoms with van der Waals surface area (Å²) < 4.78 is 5.14. The molecule has 106 valence electrons. The summed E-state index contributed by atoms with van der Waals surface area (Å²) in [5.74, 6) is 0.476. The average Bonchev–Trinajstić information content (AvgIpc) is 2.43. The summed E-state index contributed by atoms with van der Waals surface area (Å²) in [5.41, 5.74) is 0. The molecule has 0 radical (unpaired) electrons. The van der Waals surface area contributed by atoms with Crippen LogP contribution >= 0.6 is 0 Å². The zero-order chi connectivity index (χ0) is 13.4. The molecule has 18 heavy (non-hydrogen) atoms. The molecule has 1 aliphatic rings. The van der Waals surface area contributed by atoms with Gasteiger partial charge in [-0.1, -0.05) is 13.8 Å². The second-order valence-electron chi connectivity index (χ2n) is 5.04. The smallest absolute Gasteiger partial charge is 0.227 e. The fourth-order valence-corrected chi connectivity index (χ4v) is 2.69. The zero-order valence-electron chi connectivity index (χ0n) is 12.1. The third-order valence-electron chi connectivity index (χ3n) is 3.85. The first kappa shape index (κ1) is 15.4. The molecule has 0 spiro atoms. The number of nitrogens with zero attached hydrogens (tertiary/aromatic N) is 1. The Morgan fingerprint density at radius 2 is 2.17 bits per heavy atom. The molecule has 1 rings (SSSR count). The van der Waals surface area contributed by atoms with Gasteiger partial charge in [0, 0.05) is 26.2 Å². The molecule has 0 aromatic rings. The van der Waals surface area contributed by atoms with Crippen molar-refractivity contribution < 1.29 is 9.53 Å². The van der Waals surface area contributed by atoms with Crippen molar-refractivity contribution in [2.45, 2.75) is 45.6 Å². The van der Waals surface area contributed by atoms with Crippen LogP contribution in [0, 0.1) is 5.92 Å². The van der Waals surface area contributed by atoms with E-state index in [0.717, 1.165) is 45.3 Å². The van der Waals surface area contributed by atoms with E-state index in [1.54, 1.807) is 7.11 Å². The quantitative estimate of drug-likeness (QED) is 0.753. The largest absolute Gasteiger partial charge is 0.383 e. The lowest BCUT2D eigenvalue weighted by Crippen LogP contribution is -2.48. The third kappa shape index (κ3) is 4.25. The Kier molecular flexibility index (Phi) is 7.28. The number of piperidine rings is 1. The van der Waals surface area contributed by atoms with Gasteiger partial charge < -0.3 is 15.0 Å². The molecule has 0 saturated carbocycles. The monoisotopic (exact) mass is 256 g/mol. The Morgan fingerprint density at radius 3 is 2.67 bits per heavy atom. The van der Waals surface area contributed by atoms with Crippen LogP contribution in [-0.2, 0) is 9.53 Å². The van der Waals surface area contributed by atoms with E-state index in [9.17, 15) is 4.79 Å². The minimum absolute atomic E-state index is 0.163. The van der Waals surface area contributed by atoms with E-state index in [1.807, 2.05) is 4.90 Å². The van der Waals surface area contributed by atoms with Gasteiger partial charge in [0.15, 0.2) is 0 Å². The van der Waals surface area contributed by atoms with Gasteiger partial charge in [0.25, 0.3) is 0 Å². The Bertz CT molecular complexity index is 236. The molecule has 0 unspecified atom stereocenters. The highest BCUT2D eigenvalue weighted by Crippen LogP contribution is 2.17. The van der Waals surface area contributed by atoms with Crippen molar-refractivity contribution >= 4 is 5.91 Å². The molecule has 0 aliphatic carbocycles. The molecule has 1 heterocycles. The topological polar surface area (TPSA) is 41.6 Å². The van der Waals surface area contributed by atoms with E-state index in [0.29, 0.717) is 18.6 Å². The van der Waals surface area contributed by atoms with Crippen LogP contribution in [0.4, 0.5) is 0 Å². The van der Waals surface area contributed by atoms with E-state index < -0.39 is 0 Å². The molecule has 0 bridgehead atoms. The standard InChI is InChI=1S/C14H28N2O2/c1-4-13(5-2)16(9-10-18-3)14(17)12-7-6-8-15-11-12/h12-13,15H,4-11H2,1-3H3/t12-/m0/s1. The number of nitrogens with one attached hydrogen (secondary N) is 1. The van der Waals surface area contributed by atoms with Crippen molar-refractivity contribution in [1.29, 1.82) is 0 Å². The highest BCUT2D eigenvalue weighted by Gasteiger charge is 2.28. The summed E-state index contributed by atoms with van der Waals surface area (Å²) in [7, 11) is 1.69. The van der Waals surface area contributed by atoms with E-state index in [-0.39, 0.29) is 5.92 Å². The van der Waals surface area contributed by atoms with E-state index in [4.69, 9.17) is 4.74 Å². The number of hydrogen-bond acceptors (Lipinski definition) is 3. The summed E-state index contributed by atoms with van der Waals surface area (Å²) in [5, 5.41) is 3.32. The Hall–Kier alpha value is -0.610. The SMILES string of the molecule is CCC(CC)N(CCOC)C(=O)[C@H]1CCCNC1. The highest BCUT2D eigenvalue weighted by atomic mass is 16.5. The molecular weight excluding hydrogens is 228 g/mol. The van der Waals surface area contributed by atoms with Gasteiger partial charge in [-0.3, -0.25) is 4.79 Å². The van der Waals surface area contributed by atoms with Crippen molar-refractivity contribution in [1.82, 2.24) is 10.2 Å². The molecule has 1 amide bonds. The van der Waals surface area contributed by atoms with Crippen LogP contribution in [-0.4, -0.2) is 50.2 Å². The number of carbonyl (C=O) groups excluding carboxylic acids is 1. The van der Waals surface area contributed by atoms with Gasteiger partial charge in [-0.05, 0) is 32.2 Å². The Morgan fingerprint density at radius 1 is 1.44 bits per heavy atom. The second kappa shape index (κ2) is 8.48. The van der Waals surface area contributed by atoms with Gasteiger partial charge in [-0.15, -0.1) is 0 Å². The minimum atomic E-state index is 0.163. The summed E-state index contributed by atoms with van der Waals surface area (Å²) >= 11 is 0. The lowest BCUT2D eigenvalue weighted by atomic mass is 9.96. The molecule has 4 heteroatoms. The van der Waals surface area contributed by atoms with Crippen LogP contribution in [0.25, 0.3) is 0 Å². The molecule has 0 aromatic heterocycles. The van der Waals surface area contributed by atoms with Crippen molar-refractivity contribution in [3.8, 4) is 0 Å².